The van der Waals surface area contributed by atoms with E-state index >= 15 is 0 Å². The molecule has 3 heterocycles. The molecule has 1 N–H and O–H groups in total. The molecular weight excluding hydrogens is 349 g/mol. The first kappa shape index (κ1) is 14.9. The maximum Gasteiger partial charge on any atom is 0.157 e. The van der Waals surface area contributed by atoms with Crippen LogP contribution in [0.5, 0.6) is 0 Å². The number of aryl methyl sites for hydroxylation is 1. The standard InChI is InChI=1S/C13H15N4OS.Y/c1-7-11-12(15-6-14-7)17-10-2-8(4-18)9(3-10)5-19-13(17)16-11;/h8-10,18H,2-5H2,1H3;/q-1;/t8-,9+,10-;/m0./s1. The van der Waals surface area contributed by atoms with Gasteiger partial charge in [0.25, 0.3) is 0 Å². The Labute approximate surface area is 146 Å². The van der Waals surface area contributed by atoms with E-state index in [0.717, 1.165) is 40.6 Å². The number of imidazole rings is 1. The Morgan fingerprint density at radius 2 is 2.25 bits per heavy atom. The summed E-state index contributed by atoms with van der Waals surface area (Å²) in [5.74, 6) is 2.07. The van der Waals surface area contributed by atoms with Crippen LogP contribution in [-0.4, -0.2) is 37.0 Å². The molecule has 5 nitrogen and oxygen atoms in total. The molecule has 1 radical (unpaired) electrons. The molecule has 0 aromatic carbocycles. The molecule has 2 aliphatic rings. The number of fused-ring (bicyclic) bond motifs is 6. The van der Waals surface area contributed by atoms with E-state index in [9.17, 15) is 5.11 Å². The zero-order valence-electron chi connectivity index (χ0n) is 11.3. The van der Waals surface area contributed by atoms with Gasteiger partial charge in [0.2, 0.25) is 0 Å². The molecule has 1 aliphatic carbocycles. The van der Waals surface area contributed by atoms with Crippen molar-refractivity contribution < 1.29 is 37.8 Å². The second-order valence-electron chi connectivity index (χ2n) is 5.48. The zero-order valence-corrected chi connectivity index (χ0v) is 14.9. The van der Waals surface area contributed by atoms with Crippen molar-refractivity contribution in [3.05, 3.63) is 12.0 Å². The maximum absolute atomic E-state index is 9.49. The minimum Gasteiger partial charge on any atom is -0.396 e. The van der Waals surface area contributed by atoms with Gasteiger partial charge in [-0.05, 0) is 30.4 Å². The average molecular weight is 364 g/mol. The number of hydrogen-bond donors (Lipinski definition) is 1. The van der Waals surface area contributed by atoms with Gasteiger partial charge in [0, 0.05) is 68.6 Å². The minimum absolute atomic E-state index is 0. The third-order valence-corrected chi connectivity index (χ3v) is 5.55. The van der Waals surface area contributed by atoms with Gasteiger partial charge in [-0.15, -0.1) is 0 Å². The van der Waals surface area contributed by atoms with E-state index in [2.05, 4.69) is 20.9 Å². The number of nitrogens with zero attached hydrogens (tertiary/aromatic N) is 4. The molecule has 3 atom stereocenters. The SMILES string of the molecule is Cc1n[c-]nc2c1nc1n2[C@H]2C[C@@H](CO)[C@@H](CS1)C2.[Y]. The summed E-state index contributed by atoms with van der Waals surface area (Å²) in [6, 6.07) is 0.417. The van der Waals surface area contributed by atoms with Crippen molar-refractivity contribution in [2.24, 2.45) is 11.8 Å². The fraction of sp³-hybridized carbons (Fsp3) is 0.615. The quantitative estimate of drug-likeness (QED) is 0.779. The first-order valence-corrected chi connectivity index (χ1v) is 7.62. The van der Waals surface area contributed by atoms with Gasteiger partial charge in [0.1, 0.15) is 0 Å². The van der Waals surface area contributed by atoms with Crippen LogP contribution >= 0.6 is 11.8 Å². The van der Waals surface area contributed by atoms with Crippen molar-refractivity contribution in [2.45, 2.75) is 31.0 Å². The monoisotopic (exact) mass is 364 g/mol. The Morgan fingerprint density at radius 1 is 1.40 bits per heavy atom. The van der Waals surface area contributed by atoms with Crippen LogP contribution in [0.3, 0.4) is 0 Å². The number of aromatic nitrogens is 4. The minimum atomic E-state index is 0. The largest absolute Gasteiger partial charge is 0.396 e. The normalized spacial score (nSPS) is 28.0. The van der Waals surface area contributed by atoms with Gasteiger partial charge in [-0.2, -0.15) is 0 Å². The Hall–Kier alpha value is -0.0361. The predicted octanol–water partition coefficient (Wildman–Crippen LogP) is 1.60. The fourth-order valence-electron chi connectivity index (χ4n) is 3.39. The van der Waals surface area contributed by atoms with E-state index in [0.29, 0.717) is 24.5 Å². The molecule has 0 amide bonds. The second-order valence-corrected chi connectivity index (χ2v) is 6.47. The predicted molar refractivity (Wildman–Crippen MR) is 72.0 cm³/mol. The van der Waals surface area contributed by atoms with Crippen molar-refractivity contribution >= 4 is 22.9 Å². The topological polar surface area (TPSA) is 63.8 Å². The molecule has 103 valence electrons. The van der Waals surface area contributed by atoms with Gasteiger partial charge in [-0.3, -0.25) is 0 Å². The molecule has 2 aromatic rings. The molecule has 0 spiro atoms. The van der Waals surface area contributed by atoms with E-state index < -0.39 is 0 Å². The van der Waals surface area contributed by atoms with E-state index in [1.807, 2.05) is 6.92 Å². The summed E-state index contributed by atoms with van der Waals surface area (Å²) < 4.78 is 2.25. The Bertz CT molecular complexity index is 647. The summed E-state index contributed by atoms with van der Waals surface area (Å²) in [7, 11) is 0. The van der Waals surface area contributed by atoms with Crippen LogP contribution in [0.1, 0.15) is 24.6 Å². The Kier molecular flexibility index (Phi) is 4.19. The molecule has 0 saturated heterocycles. The van der Waals surface area contributed by atoms with Crippen molar-refractivity contribution in [3.63, 3.8) is 0 Å². The third-order valence-electron chi connectivity index (χ3n) is 4.41. The molecule has 4 rings (SSSR count). The van der Waals surface area contributed by atoms with Crippen LogP contribution in [0.2, 0.25) is 0 Å². The molecule has 0 unspecified atom stereocenters. The first-order chi connectivity index (χ1) is 9.28. The number of aliphatic hydroxyl groups is 1. The van der Waals surface area contributed by atoms with E-state index in [1.54, 1.807) is 11.8 Å². The fourth-order valence-corrected chi connectivity index (χ4v) is 4.69. The molecule has 1 fully saturated rings. The van der Waals surface area contributed by atoms with Crippen molar-refractivity contribution in [1.82, 2.24) is 19.5 Å². The van der Waals surface area contributed by atoms with Crippen LogP contribution < -0.4 is 0 Å². The molecule has 2 aromatic heterocycles. The summed E-state index contributed by atoms with van der Waals surface area (Å²) in [6.07, 6.45) is 4.88. The van der Waals surface area contributed by atoms with Crippen molar-refractivity contribution in [3.8, 4) is 0 Å². The summed E-state index contributed by atoms with van der Waals surface area (Å²) in [4.78, 5) is 13.1. The Balaban J connectivity index is 0.00000121. The molecular formula is C13H15N4OSY-. The van der Waals surface area contributed by atoms with Crippen LogP contribution in [0.25, 0.3) is 11.2 Å². The molecule has 7 heteroatoms. The van der Waals surface area contributed by atoms with Crippen molar-refractivity contribution in [2.75, 3.05) is 12.4 Å². The van der Waals surface area contributed by atoms with E-state index in [-0.39, 0.29) is 32.7 Å². The van der Waals surface area contributed by atoms with Gasteiger partial charge < -0.3 is 19.6 Å². The number of hydrogen-bond acceptors (Lipinski definition) is 5. The second kappa shape index (κ2) is 5.63. The summed E-state index contributed by atoms with van der Waals surface area (Å²) in [5, 5.41) is 10.5. The van der Waals surface area contributed by atoms with Crippen LogP contribution in [0.15, 0.2) is 5.16 Å². The molecule has 2 bridgehead atoms. The van der Waals surface area contributed by atoms with Gasteiger partial charge >= 0.3 is 0 Å². The number of rotatable bonds is 1. The van der Waals surface area contributed by atoms with Gasteiger partial charge in [-0.25, -0.2) is 4.98 Å². The summed E-state index contributed by atoms with van der Waals surface area (Å²) in [6.45, 7) is 2.25. The molecule has 1 aliphatic heterocycles. The van der Waals surface area contributed by atoms with Crippen LogP contribution in [-0.2, 0) is 32.7 Å². The van der Waals surface area contributed by atoms with Crippen molar-refractivity contribution in [1.29, 1.82) is 0 Å². The van der Waals surface area contributed by atoms with E-state index in [4.69, 9.17) is 4.98 Å². The maximum atomic E-state index is 9.49. The molecule has 1 saturated carbocycles. The Morgan fingerprint density at radius 3 is 3.05 bits per heavy atom. The molecule has 20 heavy (non-hydrogen) atoms. The smallest absolute Gasteiger partial charge is 0.157 e. The summed E-state index contributed by atoms with van der Waals surface area (Å²) >= 11 is 1.79. The third kappa shape index (κ3) is 2.16. The average Bonchev–Trinajstić information content (AvgIpc) is 2.91. The van der Waals surface area contributed by atoms with Crippen LogP contribution in [0.4, 0.5) is 0 Å². The van der Waals surface area contributed by atoms with Gasteiger partial charge in [0.05, 0.1) is 0 Å². The van der Waals surface area contributed by atoms with Gasteiger partial charge in [-0.1, -0.05) is 18.7 Å². The summed E-state index contributed by atoms with van der Waals surface area (Å²) in [5.41, 5.74) is 2.69. The zero-order chi connectivity index (χ0) is 13.0. The number of thioether (sulfide) groups is 1. The van der Waals surface area contributed by atoms with Crippen LogP contribution in [0, 0.1) is 25.1 Å². The van der Waals surface area contributed by atoms with Gasteiger partial charge in [0.15, 0.2) is 5.16 Å². The number of aliphatic hydroxyl groups excluding tert-OH is 1. The van der Waals surface area contributed by atoms with E-state index in [1.165, 1.54) is 0 Å². The first-order valence-electron chi connectivity index (χ1n) is 6.64.